The minimum absolute atomic E-state index is 0.00873. The number of carboxylic acids is 1. The fourth-order valence-corrected chi connectivity index (χ4v) is 1.66. The molecule has 1 unspecified atom stereocenters. The van der Waals surface area contributed by atoms with Gasteiger partial charge < -0.3 is 14.6 Å². The highest BCUT2D eigenvalue weighted by molar-refractivity contribution is 5.93. The van der Waals surface area contributed by atoms with Crippen LogP contribution in [0, 0.1) is 0 Å². The normalized spacial score (nSPS) is 12.3. The zero-order chi connectivity index (χ0) is 13.4. The van der Waals surface area contributed by atoms with Gasteiger partial charge in [0, 0.05) is 6.42 Å². The summed E-state index contributed by atoms with van der Waals surface area (Å²) in [6.45, 7) is 0. The Kier molecular flexibility index (Phi) is 6.14. The molecule has 0 aliphatic rings. The number of carbonyl (C=O) groups is 2. The second-order valence-electron chi connectivity index (χ2n) is 4.21. The third-order valence-electron chi connectivity index (χ3n) is 2.71. The molecule has 0 spiro atoms. The third-order valence-corrected chi connectivity index (χ3v) is 2.71. The predicted molar refractivity (Wildman–Crippen MR) is 64.4 cm³/mol. The van der Waals surface area contributed by atoms with E-state index >= 15 is 0 Å². The van der Waals surface area contributed by atoms with E-state index in [1.807, 2.05) is 0 Å². The molecule has 5 nitrogen and oxygen atoms in total. The standard InChI is InChI=1S/C13H18O5/c14-10(12-8-5-9-18-12)6-3-1-2-4-7-11(15)13(16)17/h5,8-9,11,15H,1-4,6-7H2,(H,16,17). The van der Waals surface area contributed by atoms with Gasteiger partial charge in [0.05, 0.1) is 6.26 Å². The van der Waals surface area contributed by atoms with Gasteiger partial charge in [0.15, 0.2) is 17.6 Å². The van der Waals surface area contributed by atoms with Crippen LogP contribution in [-0.4, -0.2) is 28.1 Å². The minimum Gasteiger partial charge on any atom is -0.479 e. The molecule has 0 aromatic carbocycles. The summed E-state index contributed by atoms with van der Waals surface area (Å²) in [4.78, 5) is 21.9. The van der Waals surface area contributed by atoms with E-state index in [4.69, 9.17) is 14.6 Å². The van der Waals surface area contributed by atoms with Crippen molar-refractivity contribution in [1.29, 1.82) is 0 Å². The molecule has 5 heteroatoms. The summed E-state index contributed by atoms with van der Waals surface area (Å²) in [6, 6.07) is 3.33. The molecule has 1 heterocycles. The molecule has 18 heavy (non-hydrogen) atoms. The van der Waals surface area contributed by atoms with Crippen molar-refractivity contribution in [2.45, 2.75) is 44.6 Å². The van der Waals surface area contributed by atoms with Crippen LogP contribution in [-0.2, 0) is 4.79 Å². The molecule has 100 valence electrons. The number of carboxylic acid groups (broad SMARTS) is 1. The topological polar surface area (TPSA) is 87.7 Å². The first-order valence-electron chi connectivity index (χ1n) is 6.09. The Hall–Kier alpha value is -1.62. The van der Waals surface area contributed by atoms with Crippen LogP contribution in [0.4, 0.5) is 0 Å². The molecule has 0 amide bonds. The molecule has 0 bridgehead atoms. The van der Waals surface area contributed by atoms with E-state index in [9.17, 15) is 9.59 Å². The molecule has 1 rings (SSSR count). The lowest BCUT2D eigenvalue weighted by Gasteiger charge is -2.04. The average molecular weight is 254 g/mol. The van der Waals surface area contributed by atoms with Gasteiger partial charge in [-0.1, -0.05) is 19.3 Å². The second-order valence-corrected chi connectivity index (χ2v) is 4.21. The SMILES string of the molecule is O=C(CCCCCCC(O)C(=O)O)c1ccco1. The molecule has 0 saturated heterocycles. The average Bonchev–Trinajstić information content (AvgIpc) is 2.86. The van der Waals surface area contributed by atoms with Crippen LogP contribution in [0.25, 0.3) is 0 Å². The summed E-state index contributed by atoms with van der Waals surface area (Å²) in [5.74, 6) is -0.801. The summed E-state index contributed by atoms with van der Waals surface area (Å²) >= 11 is 0. The van der Waals surface area contributed by atoms with E-state index < -0.39 is 12.1 Å². The maximum atomic E-state index is 11.5. The number of rotatable bonds is 9. The van der Waals surface area contributed by atoms with Crippen LogP contribution in [0.1, 0.15) is 49.1 Å². The number of furan rings is 1. The number of aliphatic carboxylic acids is 1. The van der Waals surface area contributed by atoms with Gasteiger partial charge in [-0.2, -0.15) is 0 Å². The van der Waals surface area contributed by atoms with Crippen LogP contribution < -0.4 is 0 Å². The van der Waals surface area contributed by atoms with Crippen molar-refractivity contribution in [3.63, 3.8) is 0 Å². The predicted octanol–water partition coefficient (Wildman–Crippen LogP) is 2.25. The Morgan fingerprint density at radius 1 is 1.22 bits per heavy atom. The van der Waals surface area contributed by atoms with Gasteiger partial charge in [-0.15, -0.1) is 0 Å². The van der Waals surface area contributed by atoms with E-state index in [2.05, 4.69) is 0 Å². The first-order chi connectivity index (χ1) is 8.61. The maximum Gasteiger partial charge on any atom is 0.332 e. The van der Waals surface area contributed by atoms with Crippen LogP contribution >= 0.6 is 0 Å². The van der Waals surface area contributed by atoms with Gasteiger partial charge in [0.2, 0.25) is 0 Å². The van der Waals surface area contributed by atoms with Crippen molar-refractivity contribution in [1.82, 2.24) is 0 Å². The summed E-state index contributed by atoms with van der Waals surface area (Å²) in [6.07, 6.45) is 3.98. The van der Waals surface area contributed by atoms with Crippen molar-refractivity contribution in [3.05, 3.63) is 24.2 Å². The smallest absolute Gasteiger partial charge is 0.332 e. The van der Waals surface area contributed by atoms with Crippen molar-refractivity contribution in [2.75, 3.05) is 0 Å². The Balaban J connectivity index is 2.02. The van der Waals surface area contributed by atoms with E-state index in [1.165, 1.54) is 6.26 Å². The maximum absolute atomic E-state index is 11.5. The number of carbonyl (C=O) groups excluding carboxylic acids is 1. The molecule has 0 radical (unpaired) electrons. The molecular formula is C13H18O5. The van der Waals surface area contributed by atoms with Gasteiger partial charge in [0.25, 0.3) is 0 Å². The molecule has 2 N–H and O–H groups in total. The lowest BCUT2D eigenvalue weighted by Crippen LogP contribution is -2.18. The van der Waals surface area contributed by atoms with Crippen LogP contribution in [0.15, 0.2) is 22.8 Å². The summed E-state index contributed by atoms with van der Waals surface area (Å²) in [5.41, 5.74) is 0. The van der Waals surface area contributed by atoms with E-state index in [0.717, 1.165) is 19.3 Å². The number of hydrogen-bond acceptors (Lipinski definition) is 4. The van der Waals surface area contributed by atoms with Gasteiger partial charge in [-0.3, -0.25) is 4.79 Å². The quantitative estimate of drug-likeness (QED) is 0.521. The van der Waals surface area contributed by atoms with Crippen molar-refractivity contribution < 1.29 is 24.2 Å². The highest BCUT2D eigenvalue weighted by Gasteiger charge is 2.12. The molecule has 1 aromatic heterocycles. The lowest BCUT2D eigenvalue weighted by atomic mass is 10.1. The summed E-state index contributed by atoms with van der Waals surface area (Å²) in [5, 5.41) is 17.5. The second kappa shape index (κ2) is 7.66. The zero-order valence-electron chi connectivity index (χ0n) is 10.2. The van der Waals surface area contributed by atoms with Crippen molar-refractivity contribution in [3.8, 4) is 0 Å². The highest BCUT2D eigenvalue weighted by Crippen LogP contribution is 2.11. The minimum atomic E-state index is -1.27. The van der Waals surface area contributed by atoms with E-state index in [0.29, 0.717) is 18.6 Å². The molecule has 0 saturated carbocycles. The van der Waals surface area contributed by atoms with Crippen LogP contribution in [0.5, 0.6) is 0 Å². The first-order valence-corrected chi connectivity index (χ1v) is 6.09. The molecule has 1 aromatic rings. The third kappa shape index (κ3) is 5.14. The van der Waals surface area contributed by atoms with E-state index in [-0.39, 0.29) is 12.2 Å². The highest BCUT2D eigenvalue weighted by atomic mass is 16.4. The molecule has 0 fully saturated rings. The fourth-order valence-electron chi connectivity index (χ4n) is 1.66. The number of ketones is 1. The molecule has 0 aliphatic carbocycles. The molecule has 1 atom stereocenters. The van der Waals surface area contributed by atoms with Gasteiger partial charge in [-0.05, 0) is 25.0 Å². The zero-order valence-corrected chi connectivity index (χ0v) is 10.2. The van der Waals surface area contributed by atoms with Gasteiger partial charge in [-0.25, -0.2) is 4.79 Å². The Morgan fingerprint density at radius 2 is 1.94 bits per heavy atom. The van der Waals surface area contributed by atoms with Crippen LogP contribution in [0.3, 0.4) is 0 Å². The lowest BCUT2D eigenvalue weighted by molar-refractivity contribution is -0.146. The molecular weight excluding hydrogens is 236 g/mol. The number of aliphatic hydroxyl groups is 1. The number of hydrogen-bond donors (Lipinski definition) is 2. The van der Waals surface area contributed by atoms with Gasteiger partial charge >= 0.3 is 5.97 Å². The Bertz CT molecular complexity index is 369. The largest absolute Gasteiger partial charge is 0.479 e. The van der Waals surface area contributed by atoms with Crippen LogP contribution in [0.2, 0.25) is 0 Å². The Labute approximate surface area is 105 Å². The van der Waals surface area contributed by atoms with Crippen molar-refractivity contribution >= 4 is 11.8 Å². The summed E-state index contributed by atoms with van der Waals surface area (Å²) < 4.78 is 4.98. The Morgan fingerprint density at radius 3 is 2.56 bits per heavy atom. The summed E-state index contributed by atoms with van der Waals surface area (Å²) in [7, 11) is 0. The molecule has 0 aliphatic heterocycles. The number of unbranched alkanes of at least 4 members (excludes halogenated alkanes) is 3. The first kappa shape index (κ1) is 14.4. The monoisotopic (exact) mass is 254 g/mol. The fraction of sp³-hybridized carbons (Fsp3) is 0.538. The van der Waals surface area contributed by atoms with Crippen molar-refractivity contribution in [2.24, 2.45) is 0 Å². The number of aliphatic hydroxyl groups excluding tert-OH is 1. The van der Waals surface area contributed by atoms with Gasteiger partial charge in [0.1, 0.15) is 0 Å². The number of Topliss-reactive ketones (excluding diaryl/α,β-unsaturated/α-hetero) is 1. The van der Waals surface area contributed by atoms with E-state index in [1.54, 1.807) is 12.1 Å².